The largest absolute Gasteiger partial charge is 0.375 e. The Kier molecular flexibility index (Phi) is 3.97. The minimum absolute atomic E-state index is 0.186. The molecule has 1 aromatic rings. The van der Waals surface area contributed by atoms with Gasteiger partial charge in [-0.25, -0.2) is 4.98 Å². The van der Waals surface area contributed by atoms with Gasteiger partial charge in [-0.05, 0) is 31.9 Å². The fraction of sp³-hybridized carbons (Fsp3) is 0.615. The summed E-state index contributed by atoms with van der Waals surface area (Å²) in [4.78, 5) is 6.77. The van der Waals surface area contributed by atoms with Crippen LogP contribution in [-0.4, -0.2) is 36.8 Å². The lowest BCUT2D eigenvalue weighted by atomic mass is 10.1. The molecule has 0 amide bonds. The molecule has 2 N–H and O–H groups in total. The van der Waals surface area contributed by atoms with Gasteiger partial charge in [0.25, 0.3) is 0 Å². The number of rotatable bonds is 3. The third kappa shape index (κ3) is 3.41. The quantitative estimate of drug-likeness (QED) is 0.855. The second kappa shape index (κ2) is 5.47. The van der Waals surface area contributed by atoms with Gasteiger partial charge in [-0.1, -0.05) is 6.07 Å². The summed E-state index contributed by atoms with van der Waals surface area (Å²) in [5.41, 5.74) is 6.97. The standard InChI is InChI=1S/C13H21N3O/c1-10(14)7-12-3-4-13(15-8-12)16-5-6-17-11(2)9-16/h3-4,8,10-11H,5-7,9,14H2,1-2H3. The average Bonchev–Trinajstić information content (AvgIpc) is 2.29. The third-order valence-corrected chi connectivity index (χ3v) is 2.93. The number of aromatic nitrogens is 1. The molecule has 1 aliphatic rings. The summed E-state index contributed by atoms with van der Waals surface area (Å²) in [5.74, 6) is 1.04. The minimum atomic E-state index is 0.186. The van der Waals surface area contributed by atoms with E-state index >= 15 is 0 Å². The van der Waals surface area contributed by atoms with Gasteiger partial charge in [0.1, 0.15) is 5.82 Å². The second-order valence-corrected chi connectivity index (χ2v) is 4.83. The number of nitrogens with two attached hydrogens (primary N) is 1. The molecule has 0 aromatic carbocycles. The molecule has 1 saturated heterocycles. The van der Waals surface area contributed by atoms with Crippen molar-refractivity contribution < 1.29 is 4.74 Å². The normalized spacial score (nSPS) is 22.5. The van der Waals surface area contributed by atoms with E-state index in [9.17, 15) is 0 Å². The fourth-order valence-corrected chi connectivity index (χ4v) is 2.12. The molecule has 94 valence electrons. The Morgan fingerprint density at radius 1 is 1.59 bits per heavy atom. The summed E-state index contributed by atoms with van der Waals surface area (Å²) in [6, 6.07) is 4.38. The highest BCUT2D eigenvalue weighted by Gasteiger charge is 2.17. The summed E-state index contributed by atoms with van der Waals surface area (Å²) in [7, 11) is 0. The number of hydrogen-bond acceptors (Lipinski definition) is 4. The first-order chi connectivity index (χ1) is 8.15. The third-order valence-electron chi connectivity index (χ3n) is 2.93. The van der Waals surface area contributed by atoms with Gasteiger partial charge in [0.05, 0.1) is 12.7 Å². The Labute approximate surface area is 103 Å². The Bertz CT molecular complexity index is 350. The van der Waals surface area contributed by atoms with Crippen LogP contribution in [0.2, 0.25) is 0 Å². The maximum absolute atomic E-state index is 5.77. The summed E-state index contributed by atoms with van der Waals surface area (Å²) in [5, 5.41) is 0. The molecule has 0 radical (unpaired) electrons. The molecular formula is C13H21N3O. The monoisotopic (exact) mass is 235 g/mol. The van der Waals surface area contributed by atoms with Crippen LogP contribution in [0.15, 0.2) is 18.3 Å². The fourth-order valence-electron chi connectivity index (χ4n) is 2.12. The molecular weight excluding hydrogens is 214 g/mol. The van der Waals surface area contributed by atoms with Crippen molar-refractivity contribution in [3.05, 3.63) is 23.9 Å². The number of nitrogens with zero attached hydrogens (tertiary/aromatic N) is 2. The van der Waals surface area contributed by atoms with E-state index in [1.54, 1.807) is 0 Å². The summed E-state index contributed by atoms with van der Waals surface area (Å²) < 4.78 is 5.52. The molecule has 0 spiro atoms. The number of ether oxygens (including phenoxy) is 1. The number of pyridine rings is 1. The van der Waals surface area contributed by atoms with E-state index in [-0.39, 0.29) is 12.1 Å². The topological polar surface area (TPSA) is 51.4 Å². The van der Waals surface area contributed by atoms with E-state index in [1.165, 1.54) is 5.56 Å². The SMILES string of the molecule is CC(N)Cc1ccc(N2CCOC(C)C2)nc1. The van der Waals surface area contributed by atoms with Crippen LogP contribution in [0, 0.1) is 0 Å². The number of anilines is 1. The second-order valence-electron chi connectivity index (χ2n) is 4.83. The Morgan fingerprint density at radius 2 is 2.41 bits per heavy atom. The van der Waals surface area contributed by atoms with Gasteiger partial charge < -0.3 is 15.4 Å². The number of morpholine rings is 1. The van der Waals surface area contributed by atoms with Crippen molar-refractivity contribution in [2.45, 2.75) is 32.4 Å². The van der Waals surface area contributed by atoms with Crippen LogP contribution in [-0.2, 0) is 11.2 Å². The van der Waals surface area contributed by atoms with Gasteiger partial charge in [-0.15, -0.1) is 0 Å². The van der Waals surface area contributed by atoms with Crippen molar-refractivity contribution in [2.75, 3.05) is 24.6 Å². The lowest BCUT2D eigenvalue weighted by Crippen LogP contribution is -2.41. The van der Waals surface area contributed by atoms with Gasteiger partial charge in [-0.2, -0.15) is 0 Å². The van der Waals surface area contributed by atoms with Crippen LogP contribution in [0.4, 0.5) is 5.82 Å². The molecule has 2 unspecified atom stereocenters. The van der Waals surface area contributed by atoms with Gasteiger partial charge in [0, 0.05) is 25.3 Å². The molecule has 4 heteroatoms. The molecule has 17 heavy (non-hydrogen) atoms. The zero-order valence-corrected chi connectivity index (χ0v) is 10.6. The molecule has 1 aromatic heterocycles. The summed E-state index contributed by atoms with van der Waals surface area (Å²) in [6.45, 7) is 6.72. The smallest absolute Gasteiger partial charge is 0.128 e. The van der Waals surface area contributed by atoms with Crippen LogP contribution in [0.25, 0.3) is 0 Å². The Hall–Kier alpha value is -1.13. The average molecular weight is 235 g/mol. The van der Waals surface area contributed by atoms with E-state index in [0.717, 1.165) is 31.9 Å². The molecule has 0 saturated carbocycles. The van der Waals surface area contributed by atoms with Crippen molar-refractivity contribution in [3.8, 4) is 0 Å². The molecule has 0 bridgehead atoms. The molecule has 2 atom stereocenters. The molecule has 1 aliphatic heterocycles. The highest BCUT2D eigenvalue weighted by molar-refractivity contribution is 5.40. The predicted octanol–water partition coefficient (Wildman–Crippen LogP) is 1.20. The van der Waals surface area contributed by atoms with Crippen molar-refractivity contribution in [1.82, 2.24) is 4.98 Å². The van der Waals surface area contributed by atoms with Crippen molar-refractivity contribution in [2.24, 2.45) is 5.73 Å². The molecule has 1 fully saturated rings. The number of hydrogen-bond donors (Lipinski definition) is 1. The first kappa shape index (κ1) is 12.3. The first-order valence-electron chi connectivity index (χ1n) is 6.22. The molecule has 4 nitrogen and oxygen atoms in total. The van der Waals surface area contributed by atoms with E-state index in [0.29, 0.717) is 0 Å². The summed E-state index contributed by atoms with van der Waals surface area (Å²) in [6.07, 6.45) is 3.10. The molecule has 2 heterocycles. The van der Waals surface area contributed by atoms with E-state index < -0.39 is 0 Å². The first-order valence-corrected chi connectivity index (χ1v) is 6.22. The van der Waals surface area contributed by atoms with Gasteiger partial charge in [0.2, 0.25) is 0 Å². The minimum Gasteiger partial charge on any atom is -0.375 e. The van der Waals surface area contributed by atoms with Gasteiger partial charge in [-0.3, -0.25) is 0 Å². The van der Waals surface area contributed by atoms with Crippen molar-refractivity contribution in [3.63, 3.8) is 0 Å². The van der Waals surface area contributed by atoms with Crippen molar-refractivity contribution in [1.29, 1.82) is 0 Å². The zero-order chi connectivity index (χ0) is 12.3. The van der Waals surface area contributed by atoms with Gasteiger partial charge in [0.15, 0.2) is 0 Å². The highest BCUT2D eigenvalue weighted by atomic mass is 16.5. The maximum Gasteiger partial charge on any atom is 0.128 e. The lowest BCUT2D eigenvalue weighted by molar-refractivity contribution is 0.0529. The lowest BCUT2D eigenvalue weighted by Gasteiger charge is -2.32. The van der Waals surface area contributed by atoms with E-state index in [4.69, 9.17) is 10.5 Å². The van der Waals surface area contributed by atoms with E-state index in [2.05, 4.69) is 28.9 Å². The summed E-state index contributed by atoms with van der Waals surface area (Å²) >= 11 is 0. The Balaban J connectivity index is 2.01. The van der Waals surface area contributed by atoms with Crippen LogP contribution in [0.3, 0.4) is 0 Å². The zero-order valence-electron chi connectivity index (χ0n) is 10.6. The highest BCUT2D eigenvalue weighted by Crippen LogP contribution is 2.15. The van der Waals surface area contributed by atoms with Crippen LogP contribution >= 0.6 is 0 Å². The van der Waals surface area contributed by atoms with Crippen LogP contribution in [0.1, 0.15) is 19.4 Å². The molecule has 2 rings (SSSR count). The molecule has 0 aliphatic carbocycles. The Morgan fingerprint density at radius 3 is 3.00 bits per heavy atom. The van der Waals surface area contributed by atoms with E-state index in [1.807, 2.05) is 13.1 Å². The maximum atomic E-state index is 5.77. The van der Waals surface area contributed by atoms with Gasteiger partial charge >= 0.3 is 0 Å². The van der Waals surface area contributed by atoms with Crippen LogP contribution < -0.4 is 10.6 Å². The predicted molar refractivity (Wildman–Crippen MR) is 69.2 cm³/mol. The van der Waals surface area contributed by atoms with Crippen LogP contribution in [0.5, 0.6) is 0 Å². The van der Waals surface area contributed by atoms with Crippen molar-refractivity contribution >= 4 is 5.82 Å².